The normalized spacial score (nSPS) is 11.3. The highest BCUT2D eigenvalue weighted by Crippen LogP contribution is 2.29. The van der Waals surface area contributed by atoms with Gasteiger partial charge in [0, 0.05) is 11.9 Å². The van der Waals surface area contributed by atoms with Gasteiger partial charge in [-0.1, -0.05) is 19.1 Å². The van der Waals surface area contributed by atoms with E-state index in [1.54, 1.807) is 24.3 Å². The first-order valence-electron chi connectivity index (χ1n) is 6.28. The van der Waals surface area contributed by atoms with Gasteiger partial charge in [-0.15, -0.1) is 11.3 Å². The Morgan fingerprint density at radius 3 is 2.48 bits per heavy atom. The monoisotopic (exact) mass is 325 g/mol. The number of aryl methyl sites for hydroxylation is 1. The molecule has 2 aromatic rings. The number of rotatable bonds is 5. The van der Waals surface area contributed by atoms with Crippen LogP contribution in [0, 0.1) is 0 Å². The van der Waals surface area contributed by atoms with Gasteiger partial charge in [0.25, 0.3) is 10.0 Å². The van der Waals surface area contributed by atoms with Crippen LogP contribution in [0.15, 0.2) is 40.6 Å². The Bertz CT molecular complexity index is 765. The number of aromatic carboxylic acids is 1. The summed E-state index contributed by atoms with van der Waals surface area (Å²) in [5.74, 6) is -1.16. The molecule has 0 fully saturated rings. The molecule has 1 heterocycles. The van der Waals surface area contributed by atoms with E-state index in [9.17, 15) is 18.3 Å². The Morgan fingerprint density at radius 2 is 1.90 bits per heavy atom. The first-order chi connectivity index (χ1) is 9.87. The van der Waals surface area contributed by atoms with Crippen molar-refractivity contribution >= 4 is 33.0 Å². The molecule has 1 aromatic heterocycles. The van der Waals surface area contributed by atoms with Gasteiger partial charge in [0.15, 0.2) is 0 Å². The van der Waals surface area contributed by atoms with Crippen LogP contribution < -0.4 is 4.31 Å². The second kappa shape index (κ2) is 5.87. The van der Waals surface area contributed by atoms with E-state index in [1.165, 1.54) is 30.5 Å². The molecule has 1 aromatic carbocycles. The standard InChI is InChI=1S/C14H15NO4S2/c1-3-10-8-9-13(20-10)21(18,19)15(2)12-7-5-4-6-11(12)14(16)17/h4-9H,3H2,1-2H3,(H,16,17). The Morgan fingerprint density at radius 1 is 1.24 bits per heavy atom. The number of anilines is 1. The van der Waals surface area contributed by atoms with E-state index in [2.05, 4.69) is 0 Å². The average Bonchev–Trinajstić information content (AvgIpc) is 2.96. The van der Waals surface area contributed by atoms with E-state index >= 15 is 0 Å². The molecule has 0 atom stereocenters. The van der Waals surface area contributed by atoms with Crippen LogP contribution in [-0.4, -0.2) is 26.5 Å². The smallest absolute Gasteiger partial charge is 0.337 e. The number of hydrogen-bond donors (Lipinski definition) is 1. The molecule has 0 saturated carbocycles. The lowest BCUT2D eigenvalue weighted by atomic mass is 10.2. The van der Waals surface area contributed by atoms with Gasteiger partial charge < -0.3 is 5.11 Å². The van der Waals surface area contributed by atoms with Gasteiger partial charge in [0.05, 0.1) is 11.3 Å². The topological polar surface area (TPSA) is 74.7 Å². The average molecular weight is 325 g/mol. The molecular weight excluding hydrogens is 310 g/mol. The fourth-order valence-corrected chi connectivity index (χ4v) is 4.56. The van der Waals surface area contributed by atoms with Gasteiger partial charge in [-0.05, 0) is 30.7 Å². The van der Waals surface area contributed by atoms with Crippen LogP contribution in [0.2, 0.25) is 0 Å². The molecule has 0 aliphatic heterocycles. The van der Waals surface area contributed by atoms with E-state index in [4.69, 9.17) is 0 Å². The Balaban J connectivity index is 2.48. The molecule has 0 unspecified atom stereocenters. The third-order valence-electron chi connectivity index (χ3n) is 3.07. The summed E-state index contributed by atoms with van der Waals surface area (Å²) in [5.41, 5.74) is 0.104. The summed E-state index contributed by atoms with van der Waals surface area (Å²) in [6.45, 7) is 1.95. The summed E-state index contributed by atoms with van der Waals surface area (Å²) in [7, 11) is -2.39. The molecule has 5 nitrogen and oxygen atoms in total. The van der Waals surface area contributed by atoms with E-state index < -0.39 is 16.0 Å². The number of sulfonamides is 1. The van der Waals surface area contributed by atoms with Crippen molar-refractivity contribution in [3.63, 3.8) is 0 Å². The first kappa shape index (κ1) is 15.5. The van der Waals surface area contributed by atoms with Gasteiger partial charge in [-0.25, -0.2) is 13.2 Å². The van der Waals surface area contributed by atoms with Crippen LogP contribution in [0.3, 0.4) is 0 Å². The van der Waals surface area contributed by atoms with Crippen LogP contribution in [0.4, 0.5) is 5.69 Å². The minimum absolute atomic E-state index is 0.0455. The fourth-order valence-electron chi connectivity index (χ4n) is 1.88. The van der Waals surface area contributed by atoms with Crippen LogP contribution >= 0.6 is 11.3 Å². The number of hydrogen-bond acceptors (Lipinski definition) is 4. The molecule has 0 spiro atoms. The van der Waals surface area contributed by atoms with Crippen LogP contribution in [0.25, 0.3) is 0 Å². The van der Waals surface area contributed by atoms with Crippen LogP contribution in [0.1, 0.15) is 22.2 Å². The highest BCUT2D eigenvalue weighted by molar-refractivity contribution is 7.94. The van der Waals surface area contributed by atoms with Crippen LogP contribution in [-0.2, 0) is 16.4 Å². The van der Waals surface area contributed by atoms with E-state index in [-0.39, 0.29) is 15.5 Å². The van der Waals surface area contributed by atoms with Crippen LogP contribution in [0.5, 0.6) is 0 Å². The highest BCUT2D eigenvalue weighted by atomic mass is 32.2. The molecule has 21 heavy (non-hydrogen) atoms. The molecular formula is C14H15NO4S2. The predicted octanol–water partition coefficient (Wildman–Crippen LogP) is 2.83. The maximum atomic E-state index is 12.6. The molecule has 0 bridgehead atoms. The third-order valence-corrected chi connectivity index (χ3v) is 6.54. The zero-order valence-electron chi connectivity index (χ0n) is 11.6. The highest BCUT2D eigenvalue weighted by Gasteiger charge is 2.26. The van der Waals surface area contributed by atoms with E-state index in [1.807, 2.05) is 6.92 Å². The fraction of sp³-hybridized carbons (Fsp3) is 0.214. The van der Waals surface area contributed by atoms with Crippen molar-refractivity contribution in [2.24, 2.45) is 0 Å². The molecule has 1 N–H and O–H groups in total. The Hall–Kier alpha value is -1.86. The lowest BCUT2D eigenvalue weighted by Gasteiger charge is -2.20. The molecule has 0 amide bonds. The molecule has 112 valence electrons. The zero-order valence-corrected chi connectivity index (χ0v) is 13.2. The Kier molecular flexibility index (Phi) is 4.34. The molecule has 7 heteroatoms. The van der Waals surface area contributed by atoms with Crippen molar-refractivity contribution < 1.29 is 18.3 Å². The largest absolute Gasteiger partial charge is 0.478 e. The Labute approximate surface area is 127 Å². The first-order valence-corrected chi connectivity index (χ1v) is 8.53. The molecule has 2 rings (SSSR count). The summed E-state index contributed by atoms with van der Waals surface area (Å²) in [6.07, 6.45) is 0.760. The SMILES string of the molecule is CCc1ccc(S(=O)(=O)N(C)c2ccccc2C(=O)O)s1. The number of carbonyl (C=O) groups is 1. The number of nitrogens with zero attached hydrogens (tertiary/aromatic N) is 1. The van der Waals surface area contributed by atoms with E-state index in [0.29, 0.717) is 0 Å². The summed E-state index contributed by atoms with van der Waals surface area (Å²) in [4.78, 5) is 12.2. The van der Waals surface area contributed by atoms with Crippen molar-refractivity contribution in [3.8, 4) is 0 Å². The van der Waals surface area contributed by atoms with Crippen molar-refractivity contribution in [2.45, 2.75) is 17.6 Å². The second-order valence-corrected chi connectivity index (χ2v) is 7.73. The van der Waals surface area contributed by atoms with Crippen molar-refractivity contribution in [3.05, 3.63) is 46.8 Å². The summed E-state index contributed by atoms with van der Waals surface area (Å²) >= 11 is 1.20. The lowest BCUT2D eigenvalue weighted by molar-refractivity contribution is 0.0698. The lowest BCUT2D eigenvalue weighted by Crippen LogP contribution is -2.27. The van der Waals surface area contributed by atoms with Crippen molar-refractivity contribution in [1.82, 2.24) is 0 Å². The molecule has 0 aliphatic carbocycles. The number of carboxylic acid groups (broad SMARTS) is 1. The minimum Gasteiger partial charge on any atom is -0.478 e. The predicted molar refractivity (Wildman–Crippen MR) is 82.7 cm³/mol. The number of carboxylic acids is 1. The molecule has 0 saturated heterocycles. The maximum absolute atomic E-state index is 12.6. The van der Waals surface area contributed by atoms with Crippen molar-refractivity contribution in [1.29, 1.82) is 0 Å². The zero-order chi connectivity index (χ0) is 15.6. The van der Waals surface area contributed by atoms with Gasteiger partial charge >= 0.3 is 5.97 Å². The van der Waals surface area contributed by atoms with Gasteiger partial charge in [-0.3, -0.25) is 4.31 Å². The summed E-state index contributed by atoms with van der Waals surface area (Å²) < 4.78 is 26.4. The number of para-hydroxylation sites is 1. The number of benzene rings is 1. The van der Waals surface area contributed by atoms with Gasteiger partial charge in [0.1, 0.15) is 4.21 Å². The quantitative estimate of drug-likeness (QED) is 0.917. The summed E-state index contributed by atoms with van der Waals surface area (Å²) in [5, 5.41) is 9.17. The van der Waals surface area contributed by atoms with Gasteiger partial charge in [0.2, 0.25) is 0 Å². The summed E-state index contributed by atoms with van der Waals surface area (Å²) in [6, 6.07) is 9.37. The second-order valence-electron chi connectivity index (χ2n) is 4.37. The molecule has 0 aliphatic rings. The van der Waals surface area contributed by atoms with E-state index in [0.717, 1.165) is 15.6 Å². The van der Waals surface area contributed by atoms with Gasteiger partial charge in [-0.2, -0.15) is 0 Å². The maximum Gasteiger partial charge on any atom is 0.337 e. The molecule has 0 radical (unpaired) electrons. The minimum atomic E-state index is -3.75. The number of thiophene rings is 1. The third kappa shape index (κ3) is 2.93. The van der Waals surface area contributed by atoms with Crippen molar-refractivity contribution in [2.75, 3.05) is 11.4 Å².